The number of rotatable bonds is 9. The van der Waals surface area contributed by atoms with Crippen LogP contribution in [0.4, 0.5) is 5.95 Å². The summed E-state index contributed by atoms with van der Waals surface area (Å²) in [6.07, 6.45) is -3.02. The summed E-state index contributed by atoms with van der Waals surface area (Å²) in [5, 5.41) is 28.5. The predicted octanol–water partition coefficient (Wildman–Crippen LogP) is -0.575. The highest BCUT2D eigenvalue weighted by Crippen LogP contribution is 2.63. The molecule has 2 aromatic heterocycles. The number of aromatic nitrogens is 4. The number of hydrogen-bond donors (Lipinski definition) is 6. The van der Waals surface area contributed by atoms with Crippen molar-refractivity contribution >= 4 is 41.0 Å². The van der Waals surface area contributed by atoms with Crippen LogP contribution in [-0.2, 0) is 36.3 Å². The number of aliphatic hydroxyl groups is 2. The van der Waals surface area contributed by atoms with Gasteiger partial charge in [-0.3, -0.25) is 9.46 Å². The maximum atomic E-state index is 11.7. The standard InChI is InChI=1S/C10H14N5O13P3/c11-10-12-1-4-8(14-10)15(3-13-4)9-7(17)6(16)5(25-9)2-24-29(19)27-31(22,23)28-30(20,21)26-18/h1,3,5-7,9,16-17H,2H2,(H4-,11,12,14,18,20,21,22,23)/p+1/t5-,6-,7-,9-/m1/s1. The minimum absolute atomic E-state index is 0.0778. The first-order chi connectivity index (χ1) is 14.4. The topological polar surface area (TPSA) is 268 Å². The van der Waals surface area contributed by atoms with E-state index in [9.17, 15) is 28.8 Å². The van der Waals surface area contributed by atoms with E-state index in [0.29, 0.717) is 5.52 Å². The summed E-state index contributed by atoms with van der Waals surface area (Å²) in [5.74, 6) is -0.0778. The highest BCUT2D eigenvalue weighted by molar-refractivity contribution is 7.64. The molecule has 0 saturated carbocycles. The fraction of sp³-hybridized carbons (Fsp3) is 0.500. The van der Waals surface area contributed by atoms with Gasteiger partial charge in [-0.2, -0.15) is 9.29 Å². The van der Waals surface area contributed by atoms with E-state index in [1.54, 1.807) is 0 Å². The fourth-order valence-electron chi connectivity index (χ4n) is 2.53. The van der Waals surface area contributed by atoms with E-state index in [0.717, 1.165) is 0 Å². The molecule has 0 bridgehead atoms. The molecule has 0 spiro atoms. The third kappa shape index (κ3) is 5.66. The Labute approximate surface area is 172 Å². The first kappa shape index (κ1) is 24.2. The molecule has 3 unspecified atom stereocenters. The van der Waals surface area contributed by atoms with Crippen LogP contribution in [0.25, 0.3) is 11.2 Å². The lowest BCUT2D eigenvalue weighted by Crippen LogP contribution is -2.33. The maximum absolute atomic E-state index is 11.7. The van der Waals surface area contributed by atoms with Crippen molar-refractivity contribution in [2.24, 2.45) is 0 Å². The van der Waals surface area contributed by atoms with E-state index in [1.807, 2.05) is 0 Å². The van der Waals surface area contributed by atoms with Gasteiger partial charge in [0, 0.05) is 4.57 Å². The molecule has 3 heterocycles. The number of fused-ring (bicyclic) bond motifs is 1. The molecule has 2 aromatic rings. The minimum atomic E-state index is -5.46. The molecule has 0 aliphatic carbocycles. The minimum Gasteiger partial charge on any atom is -0.387 e. The van der Waals surface area contributed by atoms with Gasteiger partial charge in [-0.15, -0.1) is 9.20 Å². The number of nitrogens with zero attached hydrogens (tertiary/aromatic N) is 4. The molecule has 31 heavy (non-hydrogen) atoms. The number of imidazole rings is 1. The number of nitrogens with two attached hydrogens (primary N) is 1. The molecule has 0 amide bonds. The van der Waals surface area contributed by atoms with E-state index in [1.165, 1.54) is 17.1 Å². The molecule has 21 heteroatoms. The van der Waals surface area contributed by atoms with Crippen molar-refractivity contribution in [3.63, 3.8) is 0 Å². The predicted molar refractivity (Wildman–Crippen MR) is 94.8 cm³/mol. The monoisotopic (exact) mass is 506 g/mol. The molecule has 172 valence electrons. The molecule has 7 N–H and O–H groups in total. The van der Waals surface area contributed by atoms with Crippen molar-refractivity contribution in [1.82, 2.24) is 19.5 Å². The number of aliphatic hydroxyl groups excluding tert-OH is 2. The summed E-state index contributed by atoms with van der Waals surface area (Å²) in [6, 6.07) is 0. The third-order valence-corrected chi connectivity index (χ3v) is 7.35. The Morgan fingerprint density at radius 2 is 1.94 bits per heavy atom. The Kier molecular flexibility index (Phi) is 7.15. The second-order valence-electron chi connectivity index (χ2n) is 5.84. The normalized spacial score (nSPS) is 28.4. The molecular formula is C10H15N5O13P3+. The molecule has 1 aliphatic heterocycles. The number of ether oxygens (including phenoxy) is 1. The Hall–Kier alpha value is -1.49. The van der Waals surface area contributed by atoms with Crippen molar-refractivity contribution in [3.8, 4) is 0 Å². The van der Waals surface area contributed by atoms with E-state index in [2.05, 4.69) is 32.8 Å². The summed E-state index contributed by atoms with van der Waals surface area (Å²) >= 11 is 0. The Balaban J connectivity index is 1.63. The van der Waals surface area contributed by atoms with Gasteiger partial charge >= 0.3 is 23.9 Å². The summed E-state index contributed by atoms with van der Waals surface area (Å²) in [7, 11) is -14.3. The van der Waals surface area contributed by atoms with Gasteiger partial charge in [-0.05, 0) is 4.31 Å². The molecule has 0 radical (unpaired) electrons. The summed E-state index contributed by atoms with van der Waals surface area (Å²) < 4.78 is 55.9. The zero-order chi connectivity index (χ0) is 23.0. The number of hydrogen-bond acceptors (Lipinski definition) is 15. The van der Waals surface area contributed by atoms with Crippen LogP contribution in [0, 0.1) is 0 Å². The zero-order valence-electron chi connectivity index (χ0n) is 14.9. The van der Waals surface area contributed by atoms with Gasteiger partial charge in [-0.1, -0.05) is 0 Å². The lowest BCUT2D eigenvalue weighted by Gasteiger charge is -2.16. The quantitative estimate of drug-likeness (QED) is 0.141. The van der Waals surface area contributed by atoms with Crippen molar-refractivity contribution < 1.29 is 61.5 Å². The van der Waals surface area contributed by atoms with Crippen LogP contribution in [0.15, 0.2) is 12.5 Å². The van der Waals surface area contributed by atoms with E-state index in [-0.39, 0.29) is 11.6 Å². The van der Waals surface area contributed by atoms with Crippen LogP contribution >= 0.6 is 23.9 Å². The smallest absolute Gasteiger partial charge is 0.387 e. The van der Waals surface area contributed by atoms with Gasteiger partial charge in [0.05, 0.1) is 12.5 Å². The van der Waals surface area contributed by atoms with Crippen LogP contribution in [0.3, 0.4) is 0 Å². The van der Waals surface area contributed by atoms with E-state index < -0.39 is 55.0 Å². The maximum Gasteiger partial charge on any atom is 0.708 e. The van der Waals surface area contributed by atoms with Crippen LogP contribution in [0.2, 0.25) is 0 Å². The van der Waals surface area contributed by atoms with Gasteiger partial charge in [0.25, 0.3) is 0 Å². The van der Waals surface area contributed by atoms with Crippen LogP contribution in [0.1, 0.15) is 6.23 Å². The van der Waals surface area contributed by atoms with Crippen LogP contribution in [-0.4, -0.2) is 69.7 Å². The summed E-state index contributed by atoms with van der Waals surface area (Å²) in [5.41, 5.74) is 6.04. The van der Waals surface area contributed by atoms with Gasteiger partial charge in [0.1, 0.15) is 30.4 Å². The highest BCUT2D eigenvalue weighted by Gasteiger charge is 2.48. The zero-order valence-corrected chi connectivity index (χ0v) is 17.6. The molecular weight excluding hydrogens is 491 g/mol. The summed E-state index contributed by atoms with van der Waals surface area (Å²) in [4.78, 5) is 29.7. The average molecular weight is 506 g/mol. The van der Waals surface area contributed by atoms with Gasteiger partial charge in [0.15, 0.2) is 11.9 Å². The van der Waals surface area contributed by atoms with Crippen molar-refractivity contribution in [3.05, 3.63) is 12.5 Å². The highest BCUT2D eigenvalue weighted by atomic mass is 31.3. The summed E-state index contributed by atoms with van der Waals surface area (Å²) in [6.45, 7) is -0.721. The molecule has 0 aromatic carbocycles. The Morgan fingerprint density at radius 1 is 1.23 bits per heavy atom. The molecule has 3 rings (SSSR count). The second kappa shape index (κ2) is 9.17. The first-order valence-corrected chi connectivity index (χ1v) is 12.0. The van der Waals surface area contributed by atoms with E-state index in [4.69, 9.17) is 20.6 Å². The molecule has 18 nitrogen and oxygen atoms in total. The Morgan fingerprint density at radius 3 is 2.61 bits per heavy atom. The molecule has 1 fully saturated rings. The molecule has 7 atom stereocenters. The van der Waals surface area contributed by atoms with Crippen molar-refractivity contribution in [2.75, 3.05) is 12.3 Å². The largest absolute Gasteiger partial charge is 0.708 e. The third-order valence-electron chi connectivity index (χ3n) is 3.77. The van der Waals surface area contributed by atoms with Gasteiger partial charge in [0.2, 0.25) is 5.95 Å². The van der Waals surface area contributed by atoms with Crippen molar-refractivity contribution in [2.45, 2.75) is 24.5 Å². The first-order valence-electron chi connectivity index (χ1n) is 7.89. The van der Waals surface area contributed by atoms with Crippen LogP contribution in [0.5, 0.6) is 0 Å². The molecule has 1 saturated heterocycles. The van der Waals surface area contributed by atoms with Crippen molar-refractivity contribution in [1.29, 1.82) is 0 Å². The number of phosphoric acid groups is 2. The Bertz CT molecular complexity index is 1070. The van der Waals surface area contributed by atoms with Gasteiger partial charge in [-0.25, -0.2) is 24.4 Å². The van der Waals surface area contributed by atoms with Gasteiger partial charge < -0.3 is 25.6 Å². The lowest BCUT2D eigenvalue weighted by molar-refractivity contribution is -0.157. The molecule has 1 aliphatic rings. The van der Waals surface area contributed by atoms with E-state index >= 15 is 0 Å². The second-order valence-corrected chi connectivity index (χ2v) is 9.89. The fourth-order valence-corrected chi connectivity index (χ4v) is 5.21. The number of nitrogen functional groups attached to an aromatic ring is 1. The lowest BCUT2D eigenvalue weighted by atomic mass is 10.1. The SMILES string of the molecule is Nc1ncc2ncn([C@@H]3O[C@H](CO[P+](=O)OP(=O)(O)OP(=O)(O)OO)[C@@H](O)[C@H]3O)c2n1. The van der Waals surface area contributed by atoms with Crippen LogP contribution < -0.4 is 5.73 Å². The average Bonchev–Trinajstić information content (AvgIpc) is 3.20. The number of anilines is 1.